The third-order valence-electron chi connectivity index (χ3n) is 6.92. The molecule has 0 spiro atoms. The summed E-state index contributed by atoms with van der Waals surface area (Å²) in [6.45, 7) is 5.98. The van der Waals surface area contributed by atoms with Crippen LogP contribution in [0.15, 0.2) is 51.7 Å². The number of nitrogens with one attached hydrogen (secondary N) is 5. The van der Waals surface area contributed by atoms with Crippen LogP contribution in [0.4, 0.5) is 10.5 Å². The fraction of sp³-hybridized carbons (Fsp3) is 0.448. The molecule has 3 amide bonds. The summed E-state index contributed by atoms with van der Waals surface area (Å²) < 4.78 is 6.23. The van der Waals surface area contributed by atoms with Crippen molar-refractivity contribution < 1.29 is 19.1 Å². The summed E-state index contributed by atoms with van der Waals surface area (Å²) >= 11 is 3.43. The number of hydrogen-bond acceptors (Lipinski definition) is 5. The molecule has 0 aliphatic heterocycles. The summed E-state index contributed by atoms with van der Waals surface area (Å²) in [5.41, 5.74) is 1.77. The van der Waals surface area contributed by atoms with Crippen molar-refractivity contribution >= 4 is 50.6 Å². The molecular formula is C29H36BrN5O5. The molecule has 1 aliphatic carbocycles. The van der Waals surface area contributed by atoms with Gasteiger partial charge in [0.1, 0.15) is 11.6 Å². The monoisotopic (exact) mass is 613 g/mol. The second-order valence-corrected chi connectivity index (χ2v) is 12.2. The quantitative estimate of drug-likeness (QED) is 0.252. The Hall–Kier alpha value is -3.60. The molecule has 1 heterocycles. The number of anilines is 1. The minimum absolute atomic E-state index is 0.152. The van der Waals surface area contributed by atoms with Gasteiger partial charge < -0.3 is 30.7 Å². The lowest BCUT2D eigenvalue weighted by molar-refractivity contribution is -0.130. The Morgan fingerprint density at radius 1 is 1.00 bits per heavy atom. The van der Waals surface area contributed by atoms with Crippen LogP contribution in [0.25, 0.3) is 11.0 Å². The normalized spacial score (nSPS) is 18.1. The Bertz CT molecular complexity index is 1400. The maximum absolute atomic E-state index is 13.4. The molecule has 1 atom stereocenters. The van der Waals surface area contributed by atoms with E-state index in [4.69, 9.17) is 4.74 Å². The lowest BCUT2D eigenvalue weighted by Gasteiger charge is -2.29. The molecular weight excluding hydrogens is 578 g/mol. The lowest BCUT2D eigenvalue weighted by atomic mass is 9.81. The summed E-state index contributed by atoms with van der Waals surface area (Å²) in [6, 6.07) is 11.9. The van der Waals surface area contributed by atoms with Crippen LogP contribution in [0.1, 0.15) is 52.0 Å². The van der Waals surface area contributed by atoms with E-state index in [2.05, 4.69) is 41.8 Å². The third-order valence-corrected chi connectivity index (χ3v) is 7.45. The molecule has 5 N–H and O–H groups in total. The molecule has 0 saturated heterocycles. The molecule has 11 heteroatoms. The number of carbonyl (C=O) groups is 3. The van der Waals surface area contributed by atoms with Gasteiger partial charge in [0.2, 0.25) is 11.8 Å². The zero-order chi connectivity index (χ0) is 28.9. The topological polar surface area (TPSA) is 145 Å². The number of hydrogen-bond donors (Lipinski definition) is 5. The van der Waals surface area contributed by atoms with Crippen LogP contribution in [0.5, 0.6) is 0 Å². The van der Waals surface area contributed by atoms with E-state index in [0.29, 0.717) is 42.5 Å². The first-order valence-corrected chi connectivity index (χ1v) is 14.3. The molecule has 1 aliphatic rings. The van der Waals surface area contributed by atoms with Gasteiger partial charge in [0.15, 0.2) is 0 Å². The van der Waals surface area contributed by atoms with Gasteiger partial charge in [0, 0.05) is 29.0 Å². The first-order chi connectivity index (χ1) is 18.9. The van der Waals surface area contributed by atoms with Crippen molar-refractivity contribution in [2.45, 2.75) is 64.5 Å². The predicted molar refractivity (Wildman–Crippen MR) is 157 cm³/mol. The second-order valence-electron chi connectivity index (χ2n) is 11.3. The maximum atomic E-state index is 13.4. The zero-order valence-corrected chi connectivity index (χ0v) is 24.5. The number of alkyl carbamates (subject to hydrolysis) is 1. The molecule has 1 aromatic heterocycles. The Labute approximate surface area is 241 Å². The highest BCUT2D eigenvalue weighted by Gasteiger charge is 2.30. The number of imidazole rings is 1. The summed E-state index contributed by atoms with van der Waals surface area (Å²) in [5.74, 6) is -0.433. The number of H-pyrrole nitrogens is 2. The van der Waals surface area contributed by atoms with Crippen LogP contribution in [0.3, 0.4) is 0 Å². The van der Waals surface area contributed by atoms with Crippen molar-refractivity contribution in [3.05, 3.63) is 63.0 Å². The molecule has 1 saturated carbocycles. The smallest absolute Gasteiger partial charge is 0.407 e. The van der Waals surface area contributed by atoms with Gasteiger partial charge in [-0.1, -0.05) is 28.1 Å². The van der Waals surface area contributed by atoms with Crippen molar-refractivity contribution in [1.82, 2.24) is 20.6 Å². The highest BCUT2D eigenvalue weighted by atomic mass is 79.9. The molecule has 0 radical (unpaired) electrons. The molecule has 4 rings (SSSR count). The number of fused-ring (bicyclic) bond motifs is 1. The van der Waals surface area contributed by atoms with E-state index in [0.717, 1.165) is 22.9 Å². The van der Waals surface area contributed by atoms with Crippen molar-refractivity contribution in [2.75, 3.05) is 11.9 Å². The molecule has 10 nitrogen and oxygen atoms in total. The summed E-state index contributed by atoms with van der Waals surface area (Å²) in [7, 11) is 0. The second kappa shape index (κ2) is 12.7. The van der Waals surface area contributed by atoms with Gasteiger partial charge in [0.25, 0.3) is 0 Å². The lowest BCUT2D eigenvalue weighted by Crippen LogP contribution is -2.48. The largest absolute Gasteiger partial charge is 0.444 e. The summed E-state index contributed by atoms with van der Waals surface area (Å²) in [6.07, 6.45) is 2.84. The van der Waals surface area contributed by atoms with E-state index < -0.39 is 17.7 Å². The Balaban J connectivity index is 1.36. The van der Waals surface area contributed by atoms with Crippen LogP contribution in [-0.4, -0.2) is 46.1 Å². The summed E-state index contributed by atoms with van der Waals surface area (Å²) in [5, 5.41) is 8.70. The van der Waals surface area contributed by atoms with E-state index in [1.54, 1.807) is 18.2 Å². The van der Waals surface area contributed by atoms with E-state index in [1.807, 2.05) is 45.0 Å². The number of ether oxygens (including phenoxy) is 1. The van der Waals surface area contributed by atoms with E-state index >= 15 is 0 Å². The number of aromatic amines is 2. The van der Waals surface area contributed by atoms with Crippen LogP contribution >= 0.6 is 15.9 Å². The van der Waals surface area contributed by atoms with Gasteiger partial charge in [-0.3, -0.25) is 9.59 Å². The van der Waals surface area contributed by atoms with E-state index in [9.17, 15) is 19.2 Å². The van der Waals surface area contributed by atoms with Crippen LogP contribution in [-0.2, 0) is 20.7 Å². The molecule has 214 valence electrons. The first kappa shape index (κ1) is 29.4. The minimum Gasteiger partial charge on any atom is -0.444 e. The van der Waals surface area contributed by atoms with E-state index in [-0.39, 0.29) is 29.3 Å². The molecule has 40 heavy (non-hydrogen) atoms. The van der Waals surface area contributed by atoms with Crippen molar-refractivity contribution in [1.29, 1.82) is 0 Å². The van der Waals surface area contributed by atoms with Crippen molar-refractivity contribution in [3.63, 3.8) is 0 Å². The van der Waals surface area contributed by atoms with Crippen LogP contribution in [0.2, 0.25) is 0 Å². The van der Waals surface area contributed by atoms with Gasteiger partial charge in [-0.25, -0.2) is 9.59 Å². The highest BCUT2D eigenvalue weighted by molar-refractivity contribution is 9.10. The number of carbonyl (C=O) groups excluding carboxylic acids is 3. The molecule has 2 aromatic carbocycles. The van der Waals surface area contributed by atoms with Gasteiger partial charge >= 0.3 is 11.8 Å². The molecule has 0 unspecified atom stereocenters. The SMILES string of the molecule is CC(C)(C)OC(=O)NC[C@H]1CC[C@H](C(=O)N[C@@H](Cc2ccc(Br)cc2)C(=O)Nc2ccc3[nH]c(=O)[nH]c3c2)CC1. The van der Waals surface area contributed by atoms with Crippen molar-refractivity contribution in [3.8, 4) is 0 Å². The average molecular weight is 615 g/mol. The Kier molecular flexibility index (Phi) is 9.34. The van der Waals surface area contributed by atoms with E-state index in [1.165, 1.54) is 0 Å². The van der Waals surface area contributed by atoms with Crippen LogP contribution in [0, 0.1) is 11.8 Å². The predicted octanol–water partition coefficient (Wildman–Crippen LogP) is 4.62. The van der Waals surface area contributed by atoms with Gasteiger partial charge in [-0.2, -0.15) is 0 Å². The minimum atomic E-state index is -0.791. The molecule has 3 aromatic rings. The number of rotatable bonds is 8. The number of amides is 3. The van der Waals surface area contributed by atoms with Crippen molar-refractivity contribution in [2.24, 2.45) is 11.8 Å². The van der Waals surface area contributed by atoms with Gasteiger partial charge in [-0.15, -0.1) is 0 Å². The maximum Gasteiger partial charge on any atom is 0.407 e. The Morgan fingerprint density at radius 2 is 1.68 bits per heavy atom. The van der Waals surface area contributed by atoms with Gasteiger partial charge in [0.05, 0.1) is 11.0 Å². The highest BCUT2D eigenvalue weighted by Crippen LogP contribution is 2.29. The molecule has 0 bridgehead atoms. The van der Waals surface area contributed by atoms with Crippen LogP contribution < -0.4 is 21.6 Å². The number of halogens is 1. The first-order valence-electron chi connectivity index (χ1n) is 13.5. The third kappa shape index (κ3) is 8.45. The molecule has 1 fully saturated rings. The Morgan fingerprint density at radius 3 is 2.35 bits per heavy atom. The van der Waals surface area contributed by atoms with Gasteiger partial charge in [-0.05, 0) is 88.3 Å². The number of benzene rings is 2. The average Bonchev–Trinajstić information content (AvgIpc) is 3.27. The number of aromatic nitrogens is 2. The zero-order valence-electron chi connectivity index (χ0n) is 22.9. The summed E-state index contributed by atoms with van der Waals surface area (Å²) in [4.78, 5) is 55.6. The fourth-order valence-electron chi connectivity index (χ4n) is 4.87. The standard InChI is InChI=1S/C29H36BrN5O5/c1-29(2,3)40-28(39)31-16-18-4-8-19(9-5-18)25(36)33-24(14-17-6-10-20(30)11-7-17)26(37)32-21-12-13-22-23(15-21)35-27(38)34-22/h6-7,10-13,15,18-19,24H,4-5,8-9,14,16H2,1-3H3,(H,31,39)(H,32,37)(H,33,36)(H2,34,35,38)/t18-,19-,24-/m0/s1. The fourth-order valence-corrected chi connectivity index (χ4v) is 5.13.